The second-order valence-corrected chi connectivity index (χ2v) is 4.60. The fourth-order valence-electron chi connectivity index (χ4n) is 2.09. The molecule has 0 bridgehead atoms. The van der Waals surface area contributed by atoms with Crippen molar-refractivity contribution in [3.8, 4) is 6.07 Å². The molecule has 0 saturated carbocycles. The number of hydrogen-bond acceptors (Lipinski definition) is 3. The molecule has 3 heteroatoms. The molecule has 2 unspecified atom stereocenters. The summed E-state index contributed by atoms with van der Waals surface area (Å²) in [5.74, 6) is 0.633. The smallest absolute Gasteiger partial charge is 0.0991 e. The normalized spacial score (nSPS) is 21.1. The van der Waals surface area contributed by atoms with Gasteiger partial charge in [-0.05, 0) is 37.0 Å². The van der Waals surface area contributed by atoms with Crippen molar-refractivity contribution in [2.24, 2.45) is 5.92 Å². The molecule has 1 aromatic rings. The number of nitriles is 1. The van der Waals surface area contributed by atoms with E-state index in [0.29, 0.717) is 17.5 Å². The Kier molecular flexibility index (Phi) is 4.13. The molecule has 1 heterocycles. The summed E-state index contributed by atoms with van der Waals surface area (Å²) in [6, 6.07) is 10.3. The van der Waals surface area contributed by atoms with Crippen molar-refractivity contribution in [3.05, 3.63) is 35.4 Å². The van der Waals surface area contributed by atoms with Gasteiger partial charge in [0, 0.05) is 19.2 Å². The molecule has 1 N–H and O–H groups in total. The third kappa shape index (κ3) is 3.29. The molecule has 0 spiro atoms. The van der Waals surface area contributed by atoms with Gasteiger partial charge in [0.1, 0.15) is 0 Å². The number of ether oxygens (including phenoxy) is 1. The SMILES string of the molecule is CC(NCc1ccc(C#N)cc1)C1CCOC1. The number of nitrogens with zero attached hydrogens (tertiary/aromatic N) is 1. The first-order valence-corrected chi connectivity index (χ1v) is 6.10. The molecule has 1 aliphatic rings. The fraction of sp³-hybridized carbons (Fsp3) is 0.500. The maximum absolute atomic E-state index is 8.71. The van der Waals surface area contributed by atoms with Gasteiger partial charge in [-0.2, -0.15) is 5.26 Å². The van der Waals surface area contributed by atoms with Crippen LogP contribution in [0.15, 0.2) is 24.3 Å². The van der Waals surface area contributed by atoms with E-state index in [9.17, 15) is 0 Å². The fourth-order valence-corrected chi connectivity index (χ4v) is 2.09. The van der Waals surface area contributed by atoms with E-state index in [-0.39, 0.29) is 0 Å². The van der Waals surface area contributed by atoms with E-state index in [4.69, 9.17) is 10.00 Å². The molecule has 0 radical (unpaired) electrons. The van der Waals surface area contributed by atoms with Crippen molar-refractivity contribution in [2.75, 3.05) is 13.2 Å². The van der Waals surface area contributed by atoms with Gasteiger partial charge in [0.2, 0.25) is 0 Å². The Bertz CT molecular complexity index is 388. The van der Waals surface area contributed by atoms with E-state index in [0.717, 1.165) is 26.2 Å². The number of benzene rings is 1. The number of nitrogens with one attached hydrogen (secondary N) is 1. The number of hydrogen-bond donors (Lipinski definition) is 1. The van der Waals surface area contributed by atoms with Crippen LogP contribution in [0.2, 0.25) is 0 Å². The topological polar surface area (TPSA) is 45.0 Å². The first kappa shape index (κ1) is 12.1. The minimum Gasteiger partial charge on any atom is -0.381 e. The molecule has 1 fully saturated rings. The Morgan fingerprint density at radius 1 is 1.47 bits per heavy atom. The zero-order chi connectivity index (χ0) is 12.1. The van der Waals surface area contributed by atoms with Crippen LogP contribution in [0.25, 0.3) is 0 Å². The molecule has 2 atom stereocenters. The molecule has 1 aromatic carbocycles. The molecule has 17 heavy (non-hydrogen) atoms. The zero-order valence-electron chi connectivity index (χ0n) is 10.1. The molecule has 3 nitrogen and oxygen atoms in total. The Labute approximate surface area is 102 Å². The Morgan fingerprint density at radius 3 is 2.82 bits per heavy atom. The lowest BCUT2D eigenvalue weighted by Crippen LogP contribution is -2.33. The maximum atomic E-state index is 8.71. The summed E-state index contributed by atoms with van der Waals surface area (Å²) in [7, 11) is 0. The third-order valence-corrected chi connectivity index (χ3v) is 3.38. The second-order valence-electron chi connectivity index (χ2n) is 4.60. The molecule has 1 saturated heterocycles. The molecular weight excluding hydrogens is 212 g/mol. The van der Waals surface area contributed by atoms with Gasteiger partial charge < -0.3 is 10.1 Å². The van der Waals surface area contributed by atoms with Crippen LogP contribution in [0.3, 0.4) is 0 Å². The highest BCUT2D eigenvalue weighted by molar-refractivity contribution is 5.31. The van der Waals surface area contributed by atoms with Gasteiger partial charge in [-0.15, -0.1) is 0 Å². The van der Waals surface area contributed by atoms with Gasteiger partial charge >= 0.3 is 0 Å². The van der Waals surface area contributed by atoms with E-state index in [1.165, 1.54) is 5.56 Å². The molecule has 0 aromatic heterocycles. The van der Waals surface area contributed by atoms with E-state index < -0.39 is 0 Å². The van der Waals surface area contributed by atoms with E-state index in [2.05, 4.69) is 18.3 Å². The summed E-state index contributed by atoms with van der Waals surface area (Å²) in [6.45, 7) is 4.83. The van der Waals surface area contributed by atoms with Crippen LogP contribution < -0.4 is 5.32 Å². The standard InChI is InChI=1S/C14H18N2O/c1-11(14-6-7-17-10-14)16-9-13-4-2-12(8-15)3-5-13/h2-5,11,14,16H,6-7,9-10H2,1H3. The summed E-state index contributed by atoms with van der Waals surface area (Å²) >= 11 is 0. The van der Waals surface area contributed by atoms with E-state index in [1.807, 2.05) is 24.3 Å². The van der Waals surface area contributed by atoms with Crippen molar-refractivity contribution < 1.29 is 4.74 Å². The van der Waals surface area contributed by atoms with Gasteiger partial charge in [0.15, 0.2) is 0 Å². The van der Waals surface area contributed by atoms with Crippen molar-refractivity contribution >= 4 is 0 Å². The summed E-state index contributed by atoms with van der Waals surface area (Å²) in [6.07, 6.45) is 1.15. The van der Waals surface area contributed by atoms with Gasteiger partial charge in [-0.3, -0.25) is 0 Å². The summed E-state index contributed by atoms with van der Waals surface area (Å²) < 4.78 is 5.38. The predicted octanol–water partition coefficient (Wildman–Crippen LogP) is 2.07. The van der Waals surface area contributed by atoms with Gasteiger partial charge in [0.25, 0.3) is 0 Å². The Balaban J connectivity index is 1.82. The molecule has 90 valence electrons. The average molecular weight is 230 g/mol. The van der Waals surface area contributed by atoms with Crippen LogP contribution in [-0.4, -0.2) is 19.3 Å². The van der Waals surface area contributed by atoms with Crippen LogP contribution in [-0.2, 0) is 11.3 Å². The largest absolute Gasteiger partial charge is 0.381 e. The lowest BCUT2D eigenvalue weighted by molar-refractivity contribution is 0.178. The van der Waals surface area contributed by atoms with Gasteiger partial charge in [0.05, 0.1) is 18.2 Å². The van der Waals surface area contributed by atoms with Gasteiger partial charge in [-0.25, -0.2) is 0 Å². The van der Waals surface area contributed by atoms with Crippen LogP contribution in [0.1, 0.15) is 24.5 Å². The Hall–Kier alpha value is -1.37. The molecule has 1 aliphatic heterocycles. The summed E-state index contributed by atoms with van der Waals surface area (Å²) in [5, 5.41) is 12.2. The zero-order valence-corrected chi connectivity index (χ0v) is 10.1. The van der Waals surface area contributed by atoms with Crippen molar-refractivity contribution in [2.45, 2.75) is 25.9 Å². The van der Waals surface area contributed by atoms with Gasteiger partial charge in [-0.1, -0.05) is 12.1 Å². The monoisotopic (exact) mass is 230 g/mol. The van der Waals surface area contributed by atoms with Crippen molar-refractivity contribution in [1.82, 2.24) is 5.32 Å². The lowest BCUT2D eigenvalue weighted by atomic mass is 10.0. The van der Waals surface area contributed by atoms with Crippen molar-refractivity contribution in [1.29, 1.82) is 5.26 Å². The third-order valence-electron chi connectivity index (χ3n) is 3.38. The number of rotatable bonds is 4. The van der Waals surface area contributed by atoms with Crippen LogP contribution >= 0.6 is 0 Å². The van der Waals surface area contributed by atoms with Crippen LogP contribution in [0.4, 0.5) is 0 Å². The minimum absolute atomic E-state index is 0.480. The average Bonchev–Trinajstić information content (AvgIpc) is 2.90. The summed E-state index contributed by atoms with van der Waals surface area (Å²) in [5.41, 5.74) is 1.93. The highest BCUT2D eigenvalue weighted by Crippen LogP contribution is 2.16. The quantitative estimate of drug-likeness (QED) is 0.861. The predicted molar refractivity (Wildman–Crippen MR) is 66.4 cm³/mol. The molecular formula is C14H18N2O. The minimum atomic E-state index is 0.480. The van der Waals surface area contributed by atoms with Crippen LogP contribution in [0, 0.1) is 17.2 Å². The second kappa shape index (κ2) is 5.81. The lowest BCUT2D eigenvalue weighted by Gasteiger charge is -2.19. The van der Waals surface area contributed by atoms with E-state index in [1.54, 1.807) is 0 Å². The molecule has 2 rings (SSSR count). The first-order chi connectivity index (χ1) is 8.29. The highest BCUT2D eigenvalue weighted by Gasteiger charge is 2.21. The first-order valence-electron chi connectivity index (χ1n) is 6.10. The van der Waals surface area contributed by atoms with E-state index >= 15 is 0 Å². The maximum Gasteiger partial charge on any atom is 0.0991 e. The van der Waals surface area contributed by atoms with Crippen molar-refractivity contribution in [3.63, 3.8) is 0 Å². The molecule has 0 amide bonds. The Morgan fingerprint density at radius 2 is 2.24 bits per heavy atom. The van der Waals surface area contributed by atoms with Crippen LogP contribution in [0.5, 0.6) is 0 Å². The summed E-state index contributed by atoms with van der Waals surface area (Å²) in [4.78, 5) is 0. The highest BCUT2D eigenvalue weighted by atomic mass is 16.5. The molecule has 0 aliphatic carbocycles.